The Morgan fingerprint density at radius 1 is 1.42 bits per heavy atom. The molecule has 0 aromatic rings. The number of rotatable bonds is 2. The second-order valence-electron chi connectivity index (χ2n) is 2.33. The van der Waals surface area contributed by atoms with Gasteiger partial charge in [-0.15, -0.1) is 0 Å². The first-order valence-electron chi connectivity index (χ1n) is 3.67. The molecule has 0 rings (SSSR count). The van der Waals surface area contributed by atoms with Crippen LogP contribution in [0.25, 0.3) is 0 Å². The van der Waals surface area contributed by atoms with Gasteiger partial charge in [-0.05, 0) is 6.92 Å². The van der Waals surface area contributed by atoms with Crippen molar-refractivity contribution in [3.63, 3.8) is 0 Å². The fourth-order valence-corrected chi connectivity index (χ4v) is 0.775. The Hall–Kier alpha value is -1.32. The molecule has 0 saturated heterocycles. The van der Waals surface area contributed by atoms with Gasteiger partial charge in [0.05, 0.1) is 0 Å². The van der Waals surface area contributed by atoms with E-state index in [2.05, 4.69) is 5.32 Å². The van der Waals surface area contributed by atoms with Crippen LogP contribution in [0.4, 0.5) is 0 Å². The zero-order valence-corrected chi connectivity index (χ0v) is 7.84. The molecule has 0 unspecified atom stereocenters. The van der Waals surface area contributed by atoms with Gasteiger partial charge in [-0.3, -0.25) is 9.59 Å². The molecule has 12 heavy (non-hydrogen) atoms. The van der Waals surface area contributed by atoms with Crippen molar-refractivity contribution in [2.45, 2.75) is 13.8 Å². The molecule has 2 amide bonds. The molecule has 0 spiro atoms. The van der Waals surface area contributed by atoms with Crippen LogP contribution in [-0.4, -0.2) is 30.8 Å². The fourth-order valence-electron chi connectivity index (χ4n) is 0.775. The molecule has 0 heterocycles. The van der Waals surface area contributed by atoms with Gasteiger partial charge in [0.15, 0.2) is 0 Å². The molecule has 4 nitrogen and oxygen atoms in total. The number of hydrogen-bond acceptors (Lipinski definition) is 2. The molecule has 0 fully saturated rings. The first-order chi connectivity index (χ1) is 5.54. The summed E-state index contributed by atoms with van der Waals surface area (Å²) < 4.78 is 0. The van der Waals surface area contributed by atoms with E-state index in [0.29, 0.717) is 5.70 Å². The molecule has 0 aliphatic carbocycles. The quantitative estimate of drug-likeness (QED) is 0.598. The second kappa shape index (κ2) is 4.54. The zero-order valence-electron chi connectivity index (χ0n) is 7.84. The van der Waals surface area contributed by atoms with Crippen molar-refractivity contribution in [2.75, 3.05) is 14.1 Å². The van der Waals surface area contributed by atoms with E-state index >= 15 is 0 Å². The summed E-state index contributed by atoms with van der Waals surface area (Å²) in [6.07, 6.45) is 1.60. The Morgan fingerprint density at radius 2 is 1.92 bits per heavy atom. The van der Waals surface area contributed by atoms with Gasteiger partial charge in [-0.1, -0.05) is 6.08 Å². The molecule has 0 aliphatic heterocycles. The van der Waals surface area contributed by atoms with E-state index < -0.39 is 0 Å². The Labute approximate surface area is 72.2 Å². The van der Waals surface area contributed by atoms with E-state index in [-0.39, 0.29) is 11.8 Å². The highest BCUT2D eigenvalue weighted by Crippen LogP contribution is 2.00. The monoisotopic (exact) mass is 170 g/mol. The van der Waals surface area contributed by atoms with Gasteiger partial charge < -0.3 is 10.2 Å². The first kappa shape index (κ1) is 10.7. The number of hydrogen-bond donors (Lipinski definition) is 1. The molecule has 0 aliphatic rings. The lowest BCUT2D eigenvalue weighted by molar-refractivity contribution is -0.129. The third-order valence-corrected chi connectivity index (χ3v) is 1.57. The van der Waals surface area contributed by atoms with Crippen molar-refractivity contribution in [3.05, 3.63) is 11.8 Å². The fraction of sp³-hybridized carbons (Fsp3) is 0.500. The number of carbonyl (C=O) groups excluding carboxylic acids is 2. The third-order valence-electron chi connectivity index (χ3n) is 1.57. The van der Waals surface area contributed by atoms with Crippen molar-refractivity contribution in [3.8, 4) is 0 Å². The SMILES string of the molecule is C/C=C(/C(=O)NC)N(C)C(C)=O. The molecular weight excluding hydrogens is 156 g/mol. The van der Waals surface area contributed by atoms with E-state index in [1.807, 2.05) is 0 Å². The molecule has 0 aromatic carbocycles. The smallest absolute Gasteiger partial charge is 0.267 e. The molecule has 0 aromatic heterocycles. The van der Waals surface area contributed by atoms with Gasteiger partial charge in [0, 0.05) is 21.0 Å². The highest BCUT2D eigenvalue weighted by atomic mass is 16.2. The molecular formula is C8H14N2O2. The Balaban J connectivity index is 4.58. The van der Waals surface area contributed by atoms with Crippen LogP contribution in [0.15, 0.2) is 11.8 Å². The summed E-state index contributed by atoms with van der Waals surface area (Å²) in [6, 6.07) is 0. The largest absolute Gasteiger partial charge is 0.354 e. The van der Waals surface area contributed by atoms with E-state index in [1.54, 1.807) is 20.0 Å². The van der Waals surface area contributed by atoms with Gasteiger partial charge in [0.25, 0.3) is 5.91 Å². The van der Waals surface area contributed by atoms with Crippen LogP contribution in [0.1, 0.15) is 13.8 Å². The average Bonchev–Trinajstić information content (AvgIpc) is 2.05. The number of nitrogens with one attached hydrogen (secondary N) is 1. The number of allylic oxidation sites excluding steroid dienone is 1. The number of likely N-dealkylation sites (N-methyl/N-ethyl adjacent to an activating group) is 2. The predicted molar refractivity (Wildman–Crippen MR) is 46.3 cm³/mol. The number of amides is 2. The van der Waals surface area contributed by atoms with Gasteiger partial charge in [-0.25, -0.2) is 0 Å². The molecule has 0 bridgehead atoms. The molecule has 68 valence electrons. The Kier molecular flexibility index (Phi) is 4.04. The van der Waals surface area contributed by atoms with Crippen molar-refractivity contribution in [1.29, 1.82) is 0 Å². The van der Waals surface area contributed by atoms with Crippen LogP contribution >= 0.6 is 0 Å². The lowest BCUT2D eigenvalue weighted by atomic mass is 10.3. The summed E-state index contributed by atoms with van der Waals surface area (Å²) in [4.78, 5) is 23.3. The van der Waals surface area contributed by atoms with Crippen LogP contribution in [0.5, 0.6) is 0 Å². The lowest BCUT2D eigenvalue weighted by Crippen LogP contribution is -2.33. The summed E-state index contributed by atoms with van der Waals surface area (Å²) in [7, 11) is 3.09. The number of carbonyl (C=O) groups is 2. The Morgan fingerprint density at radius 3 is 2.17 bits per heavy atom. The topological polar surface area (TPSA) is 49.4 Å². The van der Waals surface area contributed by atoms with E-state index in [9.17, 15) is 9.59 Å². The molecule has 4 heteroatoms. The summed E-state index contributed by atoms with van der Waals surface area (Å²) in [6.45, 7) is 3.12. The standard InChI is InChI=1S/C8H14N2O2/c1-5-7(8(12)9-3)10(4)6(2)11/h5H,1-4H3,(H,9,12)/b7-5-. The van der Waals surface area contributed by atoms with Crippen molar-refractivity contribution < 1.29 is 9.59 Å². The summed E-state index contributed by atoms with van der Waals surface area (Å²) in [5, 5.41) is 2.45. The average molecular weight is 170 g/mol. The van der Waals surface area contributed by atoms with Crippen LogP contribution in [-0.2, 0) is 9.59 Å². The summed E-state index contributed by atoms with van der Waals surface area (Å²) in [5.41, 5.74) is 0.366. The van der Waals surface area contributed by atoms with E-state index in [4.69, 9.17) is 0 Å². The minimum atomic E-state index is -0.254. The highest BCUT2D eigenvalue weighted by molar-refractivity contribution is 5.96. The van der Waals surface area contributed by atoms with Crippen molar-refractivity contribution >= 4 is 11.8 Å². The third kappa shape index (κ3) is 2.38. The Bertz CT molecular complexity index is 221. The van der Waals surface area contributed by atoms with E-state index in [1.165, 1.54) is 18.9 Å². The van der Waals surface area contributed by atoms with E-state index in [0.717, 1.165) is 0 Å². The summed E-state index contributed by atoms with van der Waals surface area (Å²) >= 11 is 0. The number of nitrogens with zero attached hydrogens (tertiary/aromatic N) is 1. The molecule has 0 radical (unpaired) electrons. The van der Waals surface area contributed by atoms with Gasteiger partial charge >= 0.3 is 0 Å². The minimum Gasteiger partial charge on any atom is -0.354 e. The lowest BCUT2D eigenvalue weighted by Gasteiger charge is -2.16. The van der Waals surface area contributed by atoms with Gasteiger partial charge in [-0.2, -0.15) is 0 Å². The zero-order chi connectivity index (χ0) is 9.72. The first-order valence-corrected chi connectivity index (χ1v) is 3.67. The van der Waals surface area contributed by atoms with Crippen molar-refractivity contribution in [2.24, 2.45) is 0 Å². The van der Waals surface area contributed by atoms with Crippen LogP contribution in [0, 0.1) is 0 Å². The van der Waals surface area contributed by atoms with Gasteiger partial charge in [0.1, 0.15) is 5.70 Å². The molecule has 0 atom stereocenters. The molecule has 0 saturated carbocycles. The minimum absolute atomic E-state index is 0.160. The van der Waals surface area contributed by atoms with Crippen LogP contribution in [0.2, 0.25) is 0 Å². The normalized spacial score (nSPS) is 10.8. The van der Waals surface area contributed by atoms with Crippen LogP contribution in [0.3, 0.4) is 0 Å². The molecule has 1 N–H and O–H groups in total. The maximum absolute atomic E-state index is 11.1. The maximum Gasteiger partial charge on any atom is 0.267 e. The van der Waals surface area contributed by atoms with Crippen LogP contribution < -0.4 is 5.32 Å². The summed E-state index contributed by atoms with van der Waals surface area (Å²) in [5.74, 6) is -0.415. The highest BCUT2D eigenvalue weighted by Gasteiger charge is 2.13. The maximum atomic E-state index is 11.1. The van der Waals surface area contributed by atoms with Gasteiger partial charge in [0.2, 0.25) is 5.91 Å². The predicted octanol–water partition coefficient (Wildman–Crippen LogP) is 0.114. The van der Waals surface area contributed by atoms with Crippen molar-refractivity contribution in [1.82, 2.24) is 10.2 Å². The second-order valence-corrected chi connectivity index (χ2v) is 2.33.